The number of carbonyl (C=O) groups is 1. The molecule has 0 aliphatic rings. The first-order valence-electron chi connectivity index (χ1n) is 8.69. The summed E-state index contributed by atoms with van der Waals surface area (Å²) >= 11 is 0. The van der Waals surface area contributed by atoms with Crippen molar-refractivity contribution in [2.24, 2.45) is 0 Å². The van der Waals surface area contributed by atoms with Crippen molar-refractivity contribution in [3.63, 3.8) is 0 Å². The molecule has 2 aromatic carbocycles. The Labute approximate surface area is 166 Å². The van der Waals surface area contributed by atoms with Crippen LogP contribution in [0.4, 0.5) is 5.69 Å². The Bertz CT molecular complexity index is 1110. The molecule has 0 saturated carbocycles. The van der Waals surface area contributed by atoms with Gasteiger partial charge in [-0.2, -0.15) is 0 Å². The van der Waals surface area contributed by atoms with Gasteiger partial charge in [0.25, 0.3) is 11.8 Å². The molecule has 0 aliphatic heterocycles. The smallest absolute Gasteiger partial charge is 0.283 e. The lowest BCUT2D eigenvalue weighted by Crippen LogP contribution is -2.14. The molecule has 1 N–H and O–H groups in total. The zero-order valence-corrected chi connectivity index (χ0v) is 15.7. The van der Waals surface area contributed by atoms with Crippen molar-refractivity contribution < 1.29 is 23.1 Å². The van der Waals surface area contributed by atoms with Crippen LogP contribution in [0, 0.1) is 0 Å². The molecule has 29 heavy (non-hydrogen) atoms. The number of nitrogens with one attached hydrogen (secondary N) is 1. The third kappa shape index (κ3) is 3.68. The van der Waals surface area contributed by atoms with E-state index in [-0.39, 0.29) is 11.8 Å². The Balaban J connectivity index is 1.60. The maximum atomic E-state index is 12.8. The van der Waals surface area contributed by atoms with Crippen LogP contribution >= 0.6 is 0 Å². The number of carbonyl (C=O) groups excluding carboxylic acids is 1. The number of methoxy groups -OCH3 is 2. The van der Waals surface area contributed by atoms with Gasteiger partial charge in [0.15, 0.2) is 5.76 Å². The van der Waals surface area contributed by atoms with E-state index in [9.17, 15) is 4.79 Å². The molecule has 0 atom stereocenters. The van der Waals surface area contributed by atoms with Gasteiger partial charge in [0.1, 0.15) is 17.1 Å². The quantitative estimate of drug-likeness (QED) is 0.524. The zero-order valence-electron chi connectivity index (χ0n) is 15.7. The number of benzene rings is 2. The van der Waals surface area contributed by atoms with Crippen molar-refractivity contribution in [3.8, 4) is 34.6 Å². The van der Waals surface area contributed by atoms with E-state index in [1.54, 1.807) is 54.6 Å². The minimum Gasteiger partial charge on any atom is -0.496 e. The predicted molar refractivity (Wildman–Crippen MR) is 105 cm³/mol. The molecule has 4 aromatic rings. The van der Waals surface area contributed by atoms with Crippen LogP contribution in [-0.4, -0.2) is 30.3 Å². The van der Waals surface area contributed by atoms with Crippen LogP contribution in [0.5, 0.6) is 11.5 Å². The van der Waals surface area contributed by atoms with E-state index < -0.39 is 0 Å². The molecule has 0 spiro atoms. The summed E-state index contributed by atoms with van der Waals surface area (Å²) in [5.74, 6) is 1.53. The average Bonchev–Trinajstić information content (AvgIpc) is 3.45. The SMILES string of the molecule is COc1cccc(OC)c1C(=O)Nc1cccc(-c2nnc(-c3ccco3)o2)c1. The van der Waals surface area contributed by atoms with E-state index >= 15 is 0 Å². The number of hydrogen-bond acceptors (Lipinski definition) is 7. The molecular weight excluding hydrogens is 374 g/mol. The Morgan fingerprint density at radius 1 is 0.931 bits per heavy atom. The van der Waals surface area contributed by atoms with Gasteiger partial charge in [-0.05, 0) is 42.5 Å². The van der Waals surface area contributed by atoms with Crippen LogP contribution in [-0.2, 0) is 0 Å². The van der Waals surface area contributed by atoms with Crippen LogP contribution in [0.3, 0.4) is 0 Å². The first-order chi connectivity index (χ1) is 14.2. The third-order valence-electron chi connectivity index (χ3n) is 4.18. The lowest BCUT2D eigenvalue weighted by atomic mass is 10.1. The van der Waals surface area contributed by atoms with Crippen LogP contribution < -0.4 is 14.8 Å². The Morgan fingerprint density at radius 2 is 1.66 bits per heavy atom. The molecule has 0 fully saturated rings. The first-order valence-corrected chi connectivity index (χ1v) is 8.69. The predicted octanol–water partition coefficient (Wildman–Crippen LogP) is 4.27. The van der Waals surface area contributed by atoms with Gasteiger partial charge in [-0.3, -0.25) is 4.79 Å². The van der Waals surface area contributed by atoms with Crippen LogP contribution in [0.1, 0.15) is 10.4 Å². The zero-order chi connectivity index (χ0) is 20.2. The van der Waals surface area contributed by atoms with Gasteiger partial charge < -0.3 is 23.6 Å². The molecule has 8 nitrogen and oxygen atoms in total. The summed E-state index contributed by atoms with van der Waals surface area (Å²) in [6, 6.07) is 15.7. The molecule has 4 rings (SSSR count). The van der Waals surface area contributed by atoms with Crippen molar-refractivity contribution in [2.75, 3.05) is 19.5 Å². The second-order valence-electron chi connectivity index (χ2n) is 5.96. The van der Waals surface area contributed by atoms with E-state index in [4.69, 9.17) is 18.3 Å². The monoisotopic (exact) mass is 391 g/mol. The number of aromatic nitrogens is 2. The maximum Gasteiger partial charge on any atom is 0.283 e. The fourth-order valence-electron chi connectivity index (χ4n) is 2.84. The van der Waals surface area contributed by atoms with Gasteiger partial charge in [0.2, 0.25) is 5.89 Å². The van der Waals surface area contributed by atoms with Crippen molar-refractivity contribution in [1.82, 2.24) is 10.2 Å². The molecule has 0 saturated heterocycles. The Morgan fingerprint density at radius 3 is 2.34 bits per heavy atom. The molecule has 0 bridgehead atoms. The lowest BCUT2D eigenvalue weighted by Gasteiger charge is -2.13. The Hall–Kier alpha value is -4.07. The van der Waals surface area contributed by atoms with Gasteiger partial charge in [-0.1, -0.05) is 12.1 Å². The van der Waals surface area contributed by atoms with Crippen LogP contribution in [0.2, 0.25) is 0 Å². The number of furan rings is 1. The number of hydrogen-bond donors (Lipinski definition) is 1. The summed E-state index contributed by atoms with van der Waals surface area (Å²) < 4.78 is 21.5. The topological polar surface area (TPSA) is 99.6 Å². The van der Waals surface area contributed by atoms with E-state index in [1.165, 1.54) is 20.5 Å². The molecular formula is C21H17N3O5. The number of ether oxygens (including phenoxy) is 2. The minimum atomic E-state index is -0.363. The third-order valence-corrected chi connectivity index (χ3v) is 4.18. The number of anilines is 1. The van der Waals surface area contributed by atoms with Crippen molar-refractivity contribution in [3.05, 3.63) is 66.4 Å². The fraction of sp³-hybridized carbons (Fsp3) is 0.0952. The molecule has 2 heterocycles. The first kappa shape index (κ1) is 18.3. The van der Waals surface area contributed by atoms with E-state index in [1.807, 2.05) is 0 Å². The van der Waals surface area contributed by atoms with E-state index in [0.29, 0.717) is 40.0 Å². The molecule has 0 aliphatic carbocycles. The summed E-state index contributed by atoms with van der Waals surface area (Å²) in [5.41, 5.74) is 1.51. The maximum absolute atomic E-state index is 12.8. The highest BCUT2D eigenvalue weighted by Gasteiger charge is 2.19. The van der Waals surface area contributed by atoms with E-state index in [2.05, 4.69) is 15.5 Å². The summed E-state index contributed by atoms with van der Waals surface area (Å²) in [5, 5.41) is 10.9. The highest BCUT2D eigenvalue weighted by Crippen LogP contribution is 2.30. The second kappa shape index (κ2) is 7.89. The van der Waals surface area contributed by atoms with Gasteiger partial charge in [-0.25, -0.2) is 0 Å². The van der Waals surface area contributed by atoms with Gasteiger partial charge >= 0.3 is 0 Å². The van der Waals surface area contributed by atoms with Gasteiger partial charge in [-0.15, -0.1) is 10.2 Å². The molecule has 0 radical (unpaired) electrons. The number of rotatable bonds is 6. The lowest BCUT2D eigenvalue weighted by molar-refractivity contribution is 0.102. The summed E-state index contributed by atoms with van der Waals surface area (Å²) in [6.07, 6.45) is 1.53. The van der Waals surface area contributed by atoms with Crippen molar-refractivity contribution in [2.45, 2.75) is 0 Å². The van der Waals surface area contributed by atoms with Crippen molar-refractivity contribution >= 4 is 11.6 Å². The van der Waals surface area contributed by atoms with Gasteiger partial charge in [0.05, 0.1) is 20.5 Å². The standard InChI is InChI=1S/C21H17N3O5/c1-26-15-8-4-9-16(27-2)18(15)19(25)22-14-7-3-6-13(12-14)20-23-24-21(29-20)17-10-5-11-28-17/h3-12H,1-2H3,(H,22,25). The summed E-state index contributed by atoms with van der Waals surface area (Å²) in [6.45, 7) is 0. The normalized spacial score (nSPS) is 10.6. The fourth-order valence-corrected chi connectivity index (χ4v) is 2.84. The summed E-state index contributed by atoms with van der Waals surface area (Å²) in [4.78, 5) is 12.8. The van der Waals surface area contributed by atoms with E-state index in [0.717, 1.165) is 0 Å². The van der Waals surface area contributed by atoms with Gasteiger partial charge in [0, 0.05) is 11.3 Å². The molecule has 2 aromatic heterocycles. The van der Waals surface area contributed by atoms with Crippen LogP contribution in [0.25, 0.3) is 23.1 Å². The summed E-state index contributed by atoms with van der Waals surface area (Å²) in [7, 11) is 3.00. The minimum absolute atomic E-state index is 0.276. The highest BCUT2D eigenvalue weighted by molar-refractivity contribution is 6.08. The van der Waals surface area contributed by atoms with Crippen molar-refractivity contribution in [1.29, 1.82) is 0 Å². The molecule has 0 unspecified atom stereocenters. The molecule has 146 valence electrons. The largest absolute Gasteiger partial charge is 0.496 e. The average molecular weight is 391 g/mol. The molecule has 1 amide bonds. The number of nitrogens with zero attached hydrogens (tertiary/aromatic N) is 2. The second-order valence-corrected chi connectivity index (χ2v) is 5.96. The highest BCUT2D eigenvalue weighted by atomic mass is 16.5. The van der Waals surface area contributed by atoms with Crippen LogP contribution in [0.15, 0.2) is 69.7 Å². The number of amides is 1. The Kier molecular flexibility index (Phi) is 4.98. The molecule has 8 heteroatoms.